The monoisotopic (exact) mass is 230 g/mol. The van der Waals surface area contributed by atoms with Gasteiger partial charge in [0.25, 0.3) is 0 Å². The van der Waals surface area contributed by atoms with E-state index in [0.717, 1.165) is 5.92 Å². The molecule has 3 rings (SSSR count). The summed E-state index contributed by atoms with van der Waals surface area (Å²) in [6.07, 6.45) is 3.90. The number of benzene rings is 1. The molecule has 0 aromatic heterocycles. The summed E-state index contributed by atoms with van der Waals surface area (Å²) in [5.74, 6) is 0.858. The lowest BCUT2D eigenvalue weighted by Crippen LogP contribution is -2.43. The molecule has 4 atom stereocenters. The lowest BCUT2D eigenvalue weighted by Gasteiger charge is -2.33. The first-order valence-electron chi connectivity index (χ1n) is 6.83. The van der Waals surface area contributed by atoms with Gasteiger partial charge in [-0.1, -0.05) is 30.3 Å². The van der Waals surface area contributed by atoms with Crippen molar-refractivity contribution in [2.24, 2.45) is 11.7 Å². The van der Waals surface area contributed by atoms with E-state index in [1.165, 1.54) is 31.4 Å². The second kappa shape index (κ2) is 4.43. The van der Waals surface area contributed by atoms with Gasteiger partial charge in [-0.3, -0.25) is 4.90 Å². The van der Waals surface area contributed by atoms with Gasteiger partial charge in [-0.05, 0) is 44.2 Å². The van der Waals surface area contributed by atoms with E-state index in [9.17, 15) is 0 Å². The first-order chi connectivity index (χ1) is 8.27. The van der Waals surface area contributed by atoms with Crippen LogP contribution in [0.5, 0.6) is 0 Å². The Hall–Kier alpha value is -0.860. The van der Waals surface area contributed by atoms with Crippen LogP contribution in [0, 0.1) is 5.92 Å². The van der Waals surface area contributed by atoms with Gasteiger partial charge in [-0.2, -0.15) is 0 Å². The summed E-state index contributed by atoms with van der Waals surface area (Å²) in [6, 6.07) is 12.4. The van der Waals surface area contributed by atoms with Gasteiger partial charge in [-0.15, -0.1) is 0 Å². The lowest BCUT2D eigenvalue weighted by molar-refractivity contribution is 0.170. The number of nitrogens with two attached hydrogens (primary N) is 1. The molecule has 2 heteroatoms. The quantitative estimate of drug-likeness (QED) is 0.846. The van der Waals surface area contributed by atoms with Crippen molar-refractivity contribution in [3.05, 3.63) is 35.9 Å². The van der Waals surface area contributed by atoms with Crippen LogP contribution in [0.3, 0.4) is 0 Å². The fraction of sp³-hybridized carbons (Fsp3) is 0.600. The van der Waals surface area contributed by atoms with Crippen LogP contribution in [0.2, 0.25) is 0 Å². The largest absolute Gasteiger partial charge is 0.326 e. The van der Waals surface area contributed by atoms with Crippen molar-refractivity contribution >= 4 is 0 Å². The van der Waals surface area contributed by atoms with Crippen molar-refractivity contribution in [1.82, 2.24) is 4.90 Å². The highest BCUT2D eigenvalue weighted by molar-refractivity contribution is 5.19. The molecule has 2 fully saturated rings. The molecule has 1 saturated heterocycles. The molecule has 1 aliphatic heterocycles. The third-order valence-corrected chi connectivity index (χ3v) is 4.71. The molecule has 92 valence electrons. The molecule has 2 N–H and O–H groups in total. The van der Waals surface area contributed by atoms with Crippen molar-refractivity contribution < 1.29 is 0 Å². The smallest absolute Gasteiger partial charge is 0.0323 e. The third kappa shape index (κ3) is 1.90. The van der Waals surface area contributed by atoms with Gasteiger partial charge in [0.2, 0.25) is 0 Å². The van der Waals surface area contributed by atoms with E-state index >= 15 is 0 Å². The highest BCUT2D eigenvalue weighted by Crippen LogP contribution is 2.41. The summed E-state index contributed by atoms with van der Waals surface area (Å²) in [7, 11) is 0. The molecule has 1 aromatic carbocycles. The van der Waals surface area contributed by atoms with E-state index in [-0.39, 0.29) is 0 Å². The molecule has 1 heterocycles. The second-order valence-electron chi connectivity index (χ2n) is 5.61. The summed E-state index contributed by atoms with van der Waals surface area (Å²) in [6.45, 7) is 3.54. The van der Waals surface area contributed by atoms with Gasteiger partial charge in [0.1, 0.15) is 0 Å². The molecule has 2 nitrogen and oxygen atoms in total. The SMILES string of the molecule is C[C@H](c1ccccc1)N1CC[C@H]2CC[C@H](N)C21. The van der Waals surface area contributed by atoms with Crippen LogP contribution >= 0.6 is 0 Å². The van der Waals surface area contributed by atoms with Gasteiger partial charge in [0.15, 0.2) is 0 Å². The number of likely N-dealkylation sites (tertiary alicyclic amines) is 1. The maximum absolute atomic E-state index is 6.28. The molecule has 1 aliphatic carbocycles. The van der Waals surface area contributed by atoms with Crippen molar-refractivity contribution in [1.29, 1.82) is 0 Å². The van der Waals surface area contributed by atoms with Crippen LogP contribution in [0.1, 0.15) is 37.8 Å². The van der Waals surface area contributed by atoms with Gasteiger partial charge < -0.3 is 5.73 Å². The topological polar surface area (TPSA) is 29.3 Å². The maximum atomic E-state index is 6.28. The summed E-state index contributed by atoms with van der Waals surface area (Å²) < 4.78 is 0. The minimum atomic E-state index is 0.397. The summed E-state index contributed by atoms with van der Waals surface area (Å²) in [5, 5.41) is 0. The number of hydrogen-bond acceptors (Lipinski definition) is 2. The standard InChI is InChI=1S/C15H22N2/c1-11(12-5-3-2-4-6-12)17-10-9-13-7-8-14(16)15(13)17/h2-6,11,13-15H,7-10,16H2,1H3/t11-,13-,14+,15?/m1/s1. The first-order valence-corrected chi connectivity index (χ1v) is 6.83. The van der Waals surface area contributed by atoms with Crippen molar-refractivity contribution in [2.75, 3.05) is 6.54 Å². The average Bonchev–Trinajstić information content (AvgIpc) is 2.93. The highest BCUT2D eigenvalue weighted by Gasteiger charge is 2.44. The van der Waals surface area contributed by atoms with Gasteiger partial charge >= 0.3 is 0 Å². The summed E-state index contributed by atoms with van der Waals surface area (Å²) in [4.78, 5) is 2.64. The maximum Gasteiger partial charge on any atom is 0.0323 e. The first kappa shape index (κ1) is 11.2. The van der Waals surface area contributed by atoms with Crippen molar-refractivity contribution in [2.45, 2.75) is 44.3 Å². The molecule has 1 unspecified atom stereocenters. The highest BCUT2D eigenvalue weighted by atomic mass is 15.2. The molecule has 1 aromatic rings. The lowest BCUT2D eigenvalue weighted by atomic mass is 10.0. The van der Waals surface area contributed by atoms with Crippen molar-refractivity contribution in [3.63, 3.8) is 0 Å². The Morgan fingerprint density at radius 2 is 1.94 bits per heavy atom. The zero-order chi connectivity index (χ0) is 11.8. The summed E-state index contributed by atoms with van der Waals surface area (Å²) in [5.41, 5.74) is 7.71. The predicted molar refractivity (Wildman–Crippen MR) is 70.7 cm³/mol. The van der Waals surface area contributed by atoms with Crippen LogP contribution in [-0.4, -0.2) is 23.5 Å². The fourth-order valence-electron chi connectivity index (χ4n) is 3.77. The molecular weight excluding hydrogens is 208 g/mol. The molecule has 0 bridgehead atoms. The Morgan fingerprint density at radius 1 is 1.18 bits per heavy atom. The van der Waals surface area contributed by atoms with Gasteiger partial charge in [0.05, 0.1) is 0 Å². The minimum absolute atomic E-state index is 0.397. The van der Waals surface area contributed by atoms with E-state index in [2.05, 4.69) is 42.2 Å². The molecule has 1 saturated carbocycles. The van der Waals surface area contributed by atoms with Gasteiger partial charge in [-0.25, -0.2) is 0 Å². The zero-order valence-electron chi connectivity index (χ0n) is 10.5. The molecule has 2 aliphatic rings. The normalized spacial score (nSPS) is 34.8. The minimum Gasteiger partial charge on any atom is -0.326 e. The van der Waals surface area contributed by atoms with Gasteiger partial charge in [0, 0.05) is 18.1 Å². The number of hydrogen-bond donors (Lipinski definition) is 1. The molecule has 0 radical (unpaired) electrons. The van der Waals surface area contributed by atoms with Crippen LogP contribution in [0.4, 0.5) is 0 Å². The third-order valence-electron chi connectivity index (χ3n) is 4.71. The zero-order valence-corrected chi connectivity index (χ0v) is 10.5. The van der Waals surface area contributed by atoms with Crippen LogP contribution < -0.4 is 5.73 Å². The van der Waals surface area contributed by atoms with Crippen LogP contribution in [-0.2, 0) is 0 Å². The molecular formula is C15H22N2. The fourth-order valence-corrected chi connectivity index (χ4v) is 3.77. The Labute approximate surface area is 104 Å². The van der Waals surface area contributed by atoms with E-state index in [1.54, 1.807) is 0 Å². The Balaban J connectivity index is 1.81. The van der Waals surface area contributed by atoms with E-state index in [0.29, 0.717) is 18.1 Å². The predicted octanol–water partition coefficient (Wildman–Crippen LogP) is 2.56. The summed E-state index contributed by atoms with van der Waals surface area (Å²) >= 11 is 0. The molecule has 0 amide bonds. The average molecular weight is 230 g/mol. The van der Waals surface area contributed by atoms with Crippen molar-refractivity contribution in [3.8, 4) is 0 Å². The Kier molecular flexibility index (Phi) is 2.93. The number of fused-ring (bicyclic) bond motifs is 1. The molecule has 17 heavy (non-hydrogen) atoms. The number of nitrogens with zero attached hydrogens (tertiary/aromatic N) is 1. The van der Waals surface area contributed by atoms with E-state index < -0.39 is 0 Å². The van der Waals surface area contributed by atoms with Crippen LogP contribution in [0.15, 0.2) is 30.3 Å². The van der Waals surface area contributed by atoms with Crippen LogP contribution in [0.25, 0.3) is 0 Å². The van der Waals surface area contributed by atoms with E-state index in [4.69, 9.17) is 5.73 Å². The number of rotatable bonds is 2. The van der Waals surface area contributed by atoms with E-state index in [1.807, 2.05) is 0 Å². The molecule has 0 spiro atoms. The Bertz CT molecular complexity index is 376. The second-order valence-corrected chi connectivity index (χ2v) is 5.61. The Morgan fingerprint density at radius 3 is 2.71 bits per heavy atom.